The van der Waals surface area contributed by atoms with Crippen LogP contribution < -0.4 is 4.90 Å². The van der Waals surface area contributed by atoms with E-state index in [2.05, 4.69) is 6.58 Å². The largest absolute Gasteiger partial charge is 0.308 e. The molecule has 3 rings (SSSR count). The van der Waals surface area contributed by atoms with Crippen molar-refractivity contribution in [3.05, 3.63) is 72.0 Å². The lowest BCUT2D eigenvalue weighted by Gasteiger charge is -2.33. The van der Waals surface area contributed by atoms with Gasteiger partial charge in [0.05, 0.1) is 9.92 Å². The molecule has 0 unspecified atom stereocenters. The van der Waals surface area contributed by atoms with Gasteiger partial charge in [0.1, 0.15) is 5.82 Å². The molecule has 1 amide bonds. The van der Waals surface area contributed by atoms with Crippen molar-refractivity contribution >= 4 is 33.2 Å². The van der Waals surface area contributed by atoms with Gasteiger partial charge >= 0.3 is 0 Å². The number of halogens is 2. The smallest absolute Gasteiger partial charge is 0.243 e. The Bertz CT molecular complexity index is 990. The highest BCUT2D eigenvalue weighted by molar-refractivity contribution is 7.89. The Morgan fingerprint density at radius 2 is 1.86 bits per heavy atom. The summed E-state index contributed by atoms with van der Waals surface area (Å²) < 4.78 is 40.3. The molecule has 0 saturated carbocycles. The standard InChI is InChI=1S/C21H22ClFN2O3S/c1-2-12-25(17-6-4-3-5-7-17)21(26)16-10-13-24(14-11-16)29(27,28)18-8-9-20(23)19(22)15-18/h2-9,15-16H,1,10-14H2. The van der Waals surface area contributed by atoms with Crippen LogP contribution in [0.2, 0.25) is 5.02 Å². The first-order valence-electron chi connectivity index (χ1n) is 9.27. The molecule has 2 aromatic carbocycles. The first-order valence-corrected chi connectivity index (χ1v) is 11.1. The Labute approximate surface area is 175 Å². The van der Waals surface area contributed by atoms with E-state index in [0.29, 0.717) is 19.4 Å². The first kappa shape index (κ1) is 21.5. The maximum Gasteiger partial charge on any atom is 0.243 e. The summed E-state index contributed by atoms with van der Waals surface area (Å²) in [6, 6.07) is 12.7. The van der Waals surface area contributed by atoms with Crippen molar-refractivity contribution in [3.8, 4) is 0 Å². The zero-order valence-electron chi connectivity index (χ0n) is 15.8. The number of rotatable bonds is 6. The van der Waals surface area contributed by atoms with Gasteiger partial charge in [-0.25, -0.2) is 12.8 Å². The monoisotopic (exact) mass is 436 g/mol. The van der Waals surface area contributed by atoms with Gasteiger partial charge in [0, 0.05) is 31.2 Å². The zero-order valence-corrected chi connectivity index (χ0v) is 17.4. The number of benzene rings is 2. The fourth-order valence-corrected chi connectivity index (χ4v) is 5.15. The first-order chi connectivity index (χ1) is 13.8. The second kappa shape index (κ2) is 9.07. The van der Waals surface area contributed by atoms with E-state index in [1.165, 1.54) is 10.4 Å². The van der Waals surface area contributed by atoms with Gasteiger partial charge in [0.2, 0.25) is 15.9 Å². The van der Waals surface area contributed by atoms with Crippen LogP contribution in [-0.4, -0.2) is 38.3 Å². The molecule has 8 heteroatoms. The van der Waals surface area contributed by atoms with Crippen LogP contribution in [0.1, 0.15) is 12.8 Å². The molecule has 0 spiro atoms. The summed E-state index contributed by atoms with van der Waals surface area (Å²) in [5.41, 5.74) is 0.786. The van der Waals surface area contributed by atoms with Crippen molar-refractivity contribution in [1.82, 2.24) is 4.31 Å². The lowest BCUT2D eigenvalue weighted by atomic mass is 9.96. The highest BCUT2D eigenvalue weighted by Gasteiger charge is 2.34. The average molecular weight is 437 g/mol. The fourth-order valence-electron chi connectivity index (χ4n) is 3.41. The summed E-state index contributed by atoms with van der Waals surface area (Å²) in [5, 5.41) is -0.237. The van der Waals surface area contributed by atoms with Gasteiger partial charge in [0.25, 0.3) is 0 Å². The van der Waals surface area contributed by atoms with Crippen LogP contribution in [0.15, 0.2) is 66.1 Å². The lowest BCUT2D eigenvalue weighted by Crippen LogP contribution is -2.44. The number of anilines is 1. The number of carbonyl (C=O) groups is 1. The maximum absolute atomic E-state index is 13.4. The van der Waals surface area contributed by atoms with E-state index in [1.807, 2.05) is 30.3 Å². The van der Waals surface area contributed by atoms with E-state index in [-0.39, 0.29) is 34.8 Å². The SMILES string of the molecule is C=CCN(C(=O)C1CCN(S(=O)(=O)c2ccc(F)c(Cl)c2)CC1)c1ccccc1. The quantitative estimate of drug-likeness (QED) is 0.640. The molecule has 2 aromatic rings. The number of para-hydroxylation sites is 1. The summed E-state index contributed by atoms with van der Waals surface area (Å²) in [6.45, 7) is 4.54. The van der Waals surface area contributed by atoms with Gasteiger partial charge in [-0.2, -0.15) is 4.31 Å². The average Bonchev–Trinajstić information content (AvgIpc) is 2.74. The van der Waals surface area contributed by atoms with E-state index < -0.39 is 15.8 Å². The Kier molecular flexibility index (Phi) is 6.72. The number of amides is 1. The Hall–Kier alpha value is -2.22. The molecule has 0 aromatic heterocycles. The maximum atomic E-state index is 13.4. The number of sulfonamides is 1. The van der Waals surface area contributed by atoms with E-state index in [4.69, 9.17) is 11.6 Å². The summed E-state index contributed by atoms with van der Waals surface area (Å²) in [5.74, 6) is -0.991. The third-order valence-electron chi connectivity index (χ3n) is 4.98. The van der Waals surface area contributed by atoms with Crippen LogP contribution in [0.3, 0.4) is 0 Å². The minimum atomic E-state index is -3.79. The molecule has 1 heterocycles. The van der Waals surface area contributed by atoms with Crippen molar-refractivity contribution in [1.29, 1.82) is 0 Å². The van der Waals surface area contributed by atoms with Crippen LogP contribution in [0.5, 0.6) is 0 Å². The van der Waals surface area contributed by atoms with Crippen LogP contribution >= 0.6 is 11.6 Å². The topological polar surface area (TPSA) is 57.7 Å². The Balaban J connectivity index is 1.71. The summed E-state index contributed by atoms with van der Waals surface area (Å²) in [4.78, 5) is 14.7. The molecule has 0 atom stereocenters. The van der Waals surface area contributed by atoms with Crippen molar-refractivity contribution in [2.24, 2.45) is 5.92 Å². The Morgan fingerprint density at radius 3 is 2.45 bits per heavy atom. The van der Waals surface area contributed by atoms with Crippen LogP contribution in [0.4, 0.5) is 10.1 Å². The molecule has 29 heavy (non-hydrogen) atoms. The number of piperidine rings is 1. The molecule has 0 bridgehead atoms. The van der Waals surface area contributed by atoms with E-state index in [9.17, 15) is 17.6 Å². The van der Waals surface area contributed by atoms with Gasteiger partial charge in [-0.05, 0) is 43.2 Å². The van der Waals surface area contributed by atoms with Gasteiger partial charge in [0.15, 0.2) is 0 Å². The molecule has 5 nitrogen and oxygen atoms in total. The fraction of sp³-hybridized carbons (Fsp3) is 0.286. The van der Waals surface area contributed by atoms with E-state index >= 15 is 0 Å². The highest BCUT2D eigenvalue weighted by Crippen LogP contribution is 2.28. The van der Waals surface area contributed by atoms with Gasteiger partial charge in [-0.15, -0.1) is 6.58 Å². The Morgan fingerprint density at radius 1 is 1.21 bits per heavy atom. The molecule has 1 aliphatic rings. The molecule has 0 aliphatic carbocycles. The number of hydrogen-bond acceptors (Lipinski definition) is 3. The third kappa shape index (κ3) is 4.69. The molecular formula is C21H22ClFN2O3S. The van der Waals surface area contributed by atoms with Crippen molar-refractivity contribution < 1.29 is 17.6 Å². The van der Waals surface area contributed by atoms with Crippen LogP contribution in [0.25, 0.3) is 0 Å². The molecule has 1 fully saturated rings. The number of carbonyl (C=O) groups excluding carboxylic acids is 1. The predicted octanol–water partition coefficient (Wildman–Crippen LogP) is 4.10. The van der Waals surface area contributed by atoms with Crippen molar-refractivity contribution in [3.63, 3.8) is 0 Å². The predicted molar refractivity (Wildman–Crippen MR) is 112 cm³/mol. The second-order valence-corrected chi connectivity index (χ2v) is 9.17. The van der Waals surface area contributed by atoms with Gasteiger partial charge in [-0.3, -0.25) is 4.79 Å². The molecule has 154 valence electrons. The summed E-state index contributed by atoms with van der Waals surface area (Å²) >= 11 is 5.73. The highest BCUT2D eigenvalue weighted by atomic mass is 35.5. The number of nitrogens with zero attached hydrogens (tertiary/aromatic N) is 2. The normalized spacial score (nSPS) is 15.8. The summed E-state index contributed by atoms with van der Waals surface area (Å²) in [6.07, 6.45) is 2.49. The second-order valence-electron chi connectivity index (χ2n) is 6.83. The van der Waals surface area contributed by atoms with Crippen LogP contribution in [-0.2, 0) is 14.8 Å². The lowest BCUT2D eigenvalue weighted by molar-refractivity contribution is -0.123. The number of hydrogen-bond donors (Lipinski definition) is 0. The summed E-state index contributed by atoms with van der Waals surface area (Å²) in [7, 11) is -3.79. The third-order valence-corrected chi connectivity index (χ3v) is 7.16. The van der Waals surface area contributed by atoms with E-state index in [1.54, 1.807) is 11.0 Å². The van der Waals surface area contributed by atoms with Crippen molar-refractivity contribution in [2.75, 3.05) is 24.5 Å². The molecule has 0 N–H and O–H groups in total. The van der Waals surface area contributed by atoms with Crippen LogP contribution in [0, 0.1) is 11.7 Å². The zero-order chi connectivity index (χ0) is 21.0. The van der Waals surface area contributed by atoms with Gasteiger partial charge < -0.3 is 4.90 Å². The molecule has 0 radical (unpaired) electrons. The molecule has 1 saturated heterocycles. The molecule has 1 aliphatic heterocycles. The van der Waals surface area contributed by atoms with Gasteiger partial charge in [-0.1, -0.05) is 35.9 Å². The van der Waals surface area contributed by atoms with E-state index in [0.717, 1.165) is 17.8 Å². The van der Waals surface area contributed by atoms with Crippen molar-refractivity contribution in [2.45, 2.75) is 17.7 Å². The minimum Gasteiger partial charge on any atom is -0.308 e. The minimum absolute atomic E-state index is 0.0435. The molecular weight excluding hydrogens is 415 g/mol.